The van der Waals surface area contributed by atoms with Gasteiger partial charge < -0.3 is 15.7 Å². The number of nitrogens with zero attached hydrogens (tertiary/aromatic N) is 2. The van der Waals surface area contributed by atoms with Crippen LogP contribution in [0.5, 0.6) is 0 Å². The fourth-order valence-corrected chi connectivity index (χ4v) is 3.65. The van der Waals surface area contributed by atoms with E-state index in [4.69, 9.17) is 0 Å². The van der Waals surface area contributed by atoms with E-state index < -0.39 is 17.4 Å². The summed E-state index contributed by atoms with van der Waals surface area (Å²) in [5.74, 6) is -1.76. The van der Waals surface area contributed by atoms with Crippen LogP contribution in [0.25, 0.3) is 10.2 Å². The normalized spacial score (nSPS) is 10.6. The molecule has 0 aliphatic rings. The topological polar surface area (TPSA) is 130 Å². The number of rotatable bonds is 5. The highest BCUT2D eigenvalue weighted by Gasteiger charge is 2.19. The fraction of sp³-hybridized carbons (Fsp3) is 0.167. The van der Waals surface area contributed by atoms with E-state index >= 15 is 0 Å². The molecule has 0 unspecified atom stereocenters. The molecule has 0 saturated carbocycles. The molecule has 2 aromatic heterocycles. The molecule has 2 amide bonds. The second-order valence-electron chi connectivity index (χ2n) is 6.03. The summed E-state index contributed by atoms with van der Waals surface area (Å²) in [5.41, 5.74) is 0.968. The Kier molecular flexibility index (Phi) is 5.23. The summed E-state index contributed by atoms with van der Waals surface area (Å²) in [6.07, 6.45) is 1.23. The van der Waals surface area contributed by atoms with Gasteiger partial charge in [0.1, 0.15) is 16.3 Å². The maximum absolute atomic E-state index is 12.6. The number of amides is 2. The van der Waals surface area contributed by atoms with Crippen molar-refractivity contribution >= 4 is 50.7 Å². The number of carboxylic acid groups (broad SMARTS) is 1. The Morgan fingerprint density at radius 1 is 1.14 bits per heavy atom. The summed E-state index contributed by atoms with van der Waals surface area (Å²) in [7, 11) is 0. The van der Waals surface area contributed by atoms with Crippen molar-refractivity contribution < 1.29 is 19.5 Å². The molecule has 3 aromatic rings. The molecule has 0 aliphatic carbocycles. The molecular weight excluding hydrogens is 384 g/mol. The highest BCUT2D eigenvalue weighted by molar-refractivity contribution is 7.20. The van der Waals surface area contributed by atoms with Crippen molar-refractivity contribution in [2.45, 2.75) is 20.4 Å². The zero-order valence-electron chi connectivity index (χ0n) is 15.0. The number of nitrogens with one attached hydrogen (secondary N) is 2. The SMILES string of the molecule is CC(=O)Nc1ccc(NC(=O)Cn2cnc3sc(C(=O)O)c(C)c3c2=O)cc1. The van der Waals surface area contributed by atoms with Crippen LogP contribution >= 0.6 is 11.3 Å². The molecule has 0 atom stereocenters. The second-order valence-corrected chi connectivity index (χ2v) is 7.02. The lowest BCUT2D eigenvalue weighted by atomic mass is 10.2. The van der Waals surface area contributed by atoms with Gasteiger partial charge in [-0.3, -0.25) is 19.0 Å². The average molecular weight is 400 g/mol. The third kappa shape index (κ3) is 3.91. The van der Waals surface area contributed by atoms with Gasteiger partial charge in [-0.2, -0.15) is 0 Å². The molecule has 0 spiro atoms. The van der Waals surface area contributed by atoms with Gasteiger partial charge in [-0.25, -0.2) is 9.78 Å². The Labute approximate surface area is 162 Å². The first kappa shape index (κ1) is 19.2. The minimum atomic E-state index is -1.12. The van der Waals surface area contributed by atoms with Crippen molar-refractivity contribution in [3.63, 3.8) is 0 Å². The number of fused-ring (bicyclic) bond motifs is 1. The fourth-order valence-electron chi connectivity index (χ4n) is 2.67. The molecule has 28 heavy (non-hydrogen) atoms. The van der Waals surface area contributed by atoms with Gasteiger partial charge in [-0.15, -0.1) is 11.3 Å². The number of carbonyl (C=O) groups is 3. The summed E-state index contributed by atoms with van der Waals surface area (Å²) in [5, 5.41) is 14.7. The Balaban J connectivity index is 1.78. The molecule has 0 aliphatic heterocycles. The number of carbonyl (C=O) groups excluding carboxylic acids is 2. The van der Waals surface area contributed by atoms with Crippen LogP contribution in [0.3, 0.4) is 0 Å². The van der Waals surface area contributed by atoms with Crippen LogP contribution < -0.4 is 16.2 Å². The molecule has 144 valence electrons. The van der Waals surface area contributed by atoms with Gasteiger partial charge >= 0.3 is 5.97 Å². The van der Waals surface area contributed by atoms with Gasteiger partial charge in [-0.05, 0) is 36.8 Å². The number of aryl methyl sites for hydroxylation is 1. The first-order chi connectivity index (χ1) is 13.3. The number of aromatic carboxylic acids is 1. The summed E-state index contributed by atoms with van der Waals surface area (Å²) >= 11 is 0.927. The third-order valence-electron chi connectivity index (χ3n) is 3.91. The van der Waals surface area contributed by atoms with Gasteiger partial charge in [0.25, 0.3) is 5.56 Å². The third-order valence-corrected chi connectivity index (χ3v) is 5.10. The quantitative estimate of drug-likeness (QED) is 0.601. The molecule has 9 nitrogen and oxygen atoms in total. The minimum Gasteiger partial charge on any atom is -0.477 e. The van der Waals surface area contributed by atoms with E-state index in [1.807, 2.05) is 0 Å². The zero-order valence-corrected chi connectivity index (χ0v) is 15.8. The van der Waals surface area contributed by atoms with Gasteiger partial charge in [0.15, 0.2) is 0 Å². The van der Waals surface area contributed by atoms with Gasteiger partial charge in [0.2, 0.25) is 11.8 Å². The number of thiophene rings is 1. The van der Waals surface area contributed by atoms with Gasteiger partial charge in [0, 0.05) is 18.3 Å². The van der Waals surface area contributed by atoms with Crippen molar-refractivity contribution in [1.82, 2.24) is 9.55 Å². The van der Waals surface area contributed by atoms with Crippen LogP contribution in [0.1, 0.15) is 22.2 Å². The molecule has 10 heteroatoms. The van der Waals surface area contributed by atoms with Crippen molar-refractivity contribution in [3.05, 3.63) is 51.4 Å². The first-order valence-electron chi connectivity index (χ1n) is 8.15. The lowest BCUT2D eigenvalue weighted by Crippen LogP contribution is -2.27. The smallest absolute Gasteiger partial charge is 0.346 e. The number of hydrogen-bond acceptors (Lipinski definition) is 6. The van der Waals surface area contributed by atoms with Crippen molar-refractivity contribution in [2.75, 3.05) is 10.6 Å². The maximum atomic E-state index is 12.6. The highest BCUT2D eigenvalue weighted by Crippen LogP contribution is 2.26. The summed E-state index contributed by atoms with van der Waals surface area (Å²) < 4.78 is 1.13. The predicted molar refractivity (Wildman–Crippen MR) is 105 cm³/mol. The van der Waals surface area contributed by atoms with Crippen LogP contribution in [-0.4, -0.2) is 32.4 Å². The molecule has 1 aromatic carbocycles. The van der Waals surface area contributed by atoms with Crippen molar-refractivity contribution in [2.24, 2.45) is 0 Å². The Morgan fingerprint density at radius 2 is 1.75 bits per heavy atom. The summed E-state index contributed by atoms with van der Waals surface area (Å²) in [6.45, 7) is 2.67. The Morgan fingerprint density at radius 3 is 2.32 bits per heavy atom. The van der Waals surface area contributed by atoms with Crippen LogP contribution in [0.4, 0.5) is 11.4 Å². The molecule has 0 bridgehead atoms. The average Bonchev–Trinajstić information content (AvgIpc) is 2.96. The van der Waals surface area contributed by atoms with E-state index in [0.717, 1.165) is 15.9 Å². The van der Waals surface area contributed by atoms with E-state index in [1.165, 1.54) is 13.3 Å². The second kappa shape index (κ2) is 7.61. The Bertz CT molecular complexity index is 1150. The predicted octanol–water partition coefficient (Wildman–Crippen LogP) is 2.06. The van der Waals surface area contributed by atoms with Crippen LogP contribution in [0, 0.1) is 6.92 Å². The molecule has 0 saturated heterocycles. The number of aromatic nitrogens is 2. The molecule has 3 rings (SSSR count). The van der Waals surface area contributed by atoms with E-state index in [1.54, 1.807) is 31.2 Å². The van der Waals surface area contributed by atoms with E-state index in [9.17, 15) is 24.3 Å². The highest BCUT2D eigenvalue weighted by atomic mass is 32.1. The number of carboxylic acids is 1. The van der Waals surface area contributed by atoms with E-state index in [0.29, 0.717) is 21.8 Å². The number of hydrogen-bond donors (Lipinski definition) is 3. The standard InChI is InChI=1S/C18H16N4O5S/c1-9-14-16(28-15(9)18(26)27)19-8-22(17(14)25)7-13(24)21-12-5-3-11(4-6-12)20-10(2)23/h3-6,8H,7H2,1-2H3,(H,20,23)(H,21,24)(H,26,27). The van der Waals surface area contributed by atoms with Gasteiger partial charge in [0.05, 0.1) is 11.7 Å². The Hall–Kier alpha value is -3.53. The number of benzene rings is 1. The molecule has 3 N–H and O–H groups in total. The molecule has 0 fully saturated rings. The van der Waals surface area contributed by atoms with Crippen LogP contribution in [0.15, 0.2) is 35.4 Å². The summed E-state index contributed by atoms with van der Waals surface area (Å²) in [4.78, 5) is 51.6. The first-order valence-corrected chi connectivity index (χ1v) is 8.97. The lowest BCUT2D eigenvalue weighted by molar-refractivity contribution is -0.117. The molecule has 2 heterocycles. The molecule has 0 radical (unpaired) electrons. The maximum Gasteiger partial charge on any atom is 0.346 e. The summed E-state index contributed by atoms with van der Waals surface area (Å²) in [6, 6.07) is 6.52. The minimum absolute atomic E-state index is 0.0565. The lowest BCUT2D eigenvalue weighted by Gasteiger charge is -2.08. The largest absolute Gasteiger partial charge is 0.477 e. The number of anilines is 2. The van der Waals surface area contributed by atoms with Crippen LogP contribution in [-0.2, 0) is 16.1 Å². The van der Waals surface area contributed by atoms with E-state index in [2.05, 4.69) is 15.6 Å². The van der Waals surface area contributed by atoms with E-state index in [-0.39, 0.29) is 22.7 Å². The molecular formula is C18H16N4O5S. The van der Waals surface area contributed by atoms with Crippen LogP contribution in [0.2, 0.25) is 0 Å². The van der Waals surface area contributed by atoms with Crippen molar-refractivity contribution in [1.29, 1.82) is 0 Å². The van der Waals surface area contributed by atoms with Crippen molar-refractivity contribution in [3.8, 4) is 0 Å². The van der Waals surface area contributed by atoms with Gasteiger partial charge in [-0.1, -0.05) is 0 Å². The zero-order chi connectivity index (χ0) is 20.4. The monoisotopic (exact) mass is 400 g/mol.